The summed E-state index contributed by atoms with van der Waals surface area (Å²) in [4.78, 5) is 28.6. The van der Waals surface area contributed by atoms with Crippen LogP contribution in [0.25, 0.3) is 21.7 Å². The van der Waals surface area contributed by atoms with Crippen LogP contribution in [0.2, 0.25) is 0 Å². The van der Waals surface area contributed by atoms with Gasteiger partial charge in [0.05, 0.1) is 15.5 Å². The van der Waals surface area contributed by atoms with Gasteiger partial charge in [0.15, 0.2) is 5.13 Å². The average molecular weight is 415 g/mol. The molecule has 0 fully saturated rings. The van der Waals surface area contributed by atoms with Crippen molar-refractivity contribution in [1.82, 2.24) is 4.98 Å². The summed E-state index contributed by atoms with van der Waals surface area (Å²) in [5, 5.41) is 14.3. The molecular formula is C23H17N3O3S. The maximum absolute atomic E-state index is 12.6. The lowest BCUT2D eigenvalue weighted by Crippen LogP contribution is -2.11. The molecule has 0 radical (unpaired) electrons. The third kappa shape index (κ3) is 4.11. The molecule has 148 valence electrons. The average Bonchev–Trinajstić information content (AvgIpc) is 3.18. The zero-order valence-electron chi connectivity index (χ0n) is 16.0. The molecule has 0 bridgehead atoms. The molecule has 0 saturated heterocycles. The van der Waals surface area contributed by atoms with Crippen LogP contribution in [0, 0.1) is 17.0 Å². The fourth-order valence-electron chi connectivity index (χ4n) is 2.97. The number of benzene rings is 3. The topological polar surface area (TPSA) is 85.1 Å². The first-order valence-electron chi connectivity index (χ1n) is 9.20. The number of nitro benzene ring substituents is 1. The second-order valence-electron chi connectivity index (χ2n) is 6.69. The van der Waals surface area contributed by atoms with Gasteiger partial charge in [-0.05, 0) is 36.8 Å². The highest BCUT2D eigenvalue weighted by Gasteiger charge is 2.18. The molecule has 1 heterocycles. The van der Waals surface area contributed by atoms with E-state index < -0.39 is 4.92 Å². The van der Waals surface area contributed by atoms with Crippen LogP contribution < -0.4 is 5.32 Å². The van der Waals surface area contributed by atoms with Gasteiger partial charge in [-0.15, -0.1) is 0 Å². The van der Waals surface area contributed by atoms with E-state index in [1.807, 2.05) is 49.4 Å². The lowest BCUT2D eigenvalue weighted by molar-refractivity contribution is -0.384. The Balaban J connectivity index is 1.71. The molecule has 0 aliphatic carbocycles. The van der Waals surface area contributed by atoms with Crippen molar-refractivity contribution >= 4 is 28.1 Å². The lowest BCUT2D eigenvalue weighted by atomic mass is 10.1. The predicted octanol–water partition coefficient (Wildman–Crippen LogP) is 5.95. The van der Waals surface area contributed by atoms with E-state index in [0.717, 1.165) is 21.6 Å². The summed E-state index contributed by atoms with van der Waals surface area (Å²) in [6.07, 6.45) is 0. The third-order valence-corrected chi connectivity index (χ3v) is 5.57. The third-order valence-electron chi connectivity index (χ3n) is 4.55. The standard InChI is InChI=1S/C23H17N3O3S/c1-15-7-9-18(10-8-15)22(27)25-23-24-20(16-5-3-2-4-6-16)21(30-23)17-11-13-19(14-12-17)26(28)29/h2-14H,1H3,(H,24,25,27). The van der Waals surface area contributed by atoms with Crippen molar-refractivity contribution in [3.8, 4) is 21.7 Å². The number of nitrogens with zero attached hydrogens (tertiary/aromatic N) is 2. The van der Waals surface area contributed by atoms with Crippen LogP contribution in [0.15, 0.2) is 78.9 Å². The molecule has 4 aromatic rings. The number of thiazole rings is 1. The summed E-state index contributed by atoms with van der Waals surface area (Å²) in [7, 11) is 0. The Hall–Kier alpha value is -3.84. The summed E-state index contributed by atoms with van der Waals surface area (Å²) >= 11 is 1.33. The summed E-state index contributed by atoms with van der Waals surface area (Å²) in [5.74, 6) is -0.237. The number of nitrogens with one attached hydrogen (secondary N) is 1. The Morgan fingerprint density at radius 3 is 2.23 bits per heavy atom. The molecule has 30 heavy (non-hydrogen) atoms. The summed E-state index contributed by atoms with van der Waals surface area (Å²) in [5.41, 5.74) is 4.07. The van der Waals surface area contributed by atoms with E-state index in [2.05, 4.69) is 10.3 Å². The minimum absolute atomic E-state index is 0.0254. The molecular weight excluding hydrogens is 398 g/mol. The van der Waals surface area contributed by atoms with Gasteiger partial charge in [-0.2, -0.15) is 0 Å². The first kappa shape index (κ1) is 19.5. The molecule has 3 aromatic carbocycles. The van der Waals surface area contributed by atoms with Crippen LogP contribution in [-0.4, -0.2) is 15.8 Å². The molecule has 0 aliphatic rings. The highest BCUT2D eigenvalue weighted by molar-refractivity contribution is 7.19. The highest BCUT2D eigenvalue weighted by Crippen LogP contribution is 2.39. The number of hydrogen-bond acceptors (Lipinski definition) is 5. The van der Waals surface area contributed by atoms with Crippen LogP contribution in [0.5, 0.6) is 0 Å². The quantitative estimate of drug-likeness (QED) is 0.323. The molecule has 0 spiro atoms. The van der Waals surface area contributed by atoms with Crippen molar-refractivity contribution in [2.75, 3.05) is 5.32 Å². The monoisotopic (exact) mass is 415 g/mol. The fourth-order valence-corrected chi connectivity index (χ4v) is 3.96. The van der Waals surface area contributed by atoms with Gasteiger partial charge >= 0.3 is 0 Å². The minimum Gasteiger partial charge on any atom is -0.298 e. The Morgan fingerprint density at radius 1 is 0.933 bits per heavy atom. The van der Waals surface area contributed by atoms with E-state index >= 15 is 0 Å². The van der Waals surface area contributed by atoms with E-state index in [1.54, 1.807) is 24.3 Å². The number of hydrogen-bond donors (Lipinski definition) is 1. The van der Waals surface area contributed by atoms with Crippen LogP contribution in [0.1, 0.15) is 15.9 Å². The Bertz CT molecular complexity index is 1200. The molecule has 0 aliphatic heterocycles. The largest absolute Gasteiger partial charge is 0.298 e. The normalized spacial score (nSPS) is 10.6. The number of rotatable bonds is 5. The Labute approximate surface area is 177 Å². The smallest absolute Gasteiger partial charge is 0.269 e. The Kier molecular flexibility index (Phi) is 5.36. The van der Waals surface area contributed by atoms with Gasteiger partial charge in [0.2, 0.25) is 0 Å². The van der Waals surface area contributed by atoms with E-state index in [-0.39, 0.29) is 11.6 Å². The minimum atomic E-state index is -0.429. The predicted molar refractivity (Wildman–Crippen MR) is 119 cm³/mol. The molecule has 6 nitrogen and oxygen atoms in total. The SMILES string of the molecule is Cc1ccc(C(=O)Nc2nc(-c3ccccc3)c(-c3ccc([N+](=O)[O-])cc3)s2)cc1. The molecule has 0 saturated carbocycles. The maximum atomic E-state index is 12.6. The number of anilines is 1. The van der Waals surface area contributed by atoms with E-state index in [9.17, 15) is 14.9 Å². The van der Waals surface area contributed by atoms with Crippen LogP contribution in [0.3, 0.4) is 0 Å². The van der Waals surface area contributed by atoms with Crippen LogP contribution in [-0.2, 0) is 0 Å². The van der Waals surface area contributed by atoms with Gasteiger partial charge in [0.25, 0.3) is 11.6 Å². The van der Waals surface area contributed by atoms with Crippen LogP contribution in [0.4, 0.5) is 10.8 Å². The number of carbonyl (C=O) groups excluding carboxylic acids is 1. The second-order valence-corrected chi connectivity index (χ2v) is 7.69. The van der Waals surface area contributed by atoms with Gasteiger partial charge in [0, 0.05) is 23.3 Å². The molecule has 4 rings (SSSR count). The van der Waals surface area contributed by atoms with Crippen molar-refractivity contribution in [2.24, 2.45) is 0 Å². The van der Waals surface area contributed by atoms with Crippen molar-refractivity contribution in [3.63, 3.8) is 0 Å². The van der Waals surface area contributed by atoms with Gasteiger partial charge in [-0.1, -0.05) is 59.4 Å². The molecule has 0 atom stereocenters. The van der Waals surface area contributed by atoms with Crippen molar-refractivity contribution < 1.29 is 9.72 Å². The number of aromatic nitrogens is 1. The number of amides is 1. The van der Waals surface area contributed by atoms with E-state index in [0.29, 0.717) is 16.4 Å². The number of non-ortho nitro benzene ring substituents is 1. The summed E-state index contributed by atoms with van der Waals surface area (Å²) < 4.78 is 0. The summed E-state index contributed by atoms with van der Waals surface area (Å²) in [6, 6.07) is 23.3. The van der Waals surface area contributed by atoms with E-state index in [4.69, 9.17) is 0 Å². The van der Waals surface area contributed by atoms with E-state index in [1.165, 1.54) is 23.5 Å². The molecule has 1 amide bonds. The maximum Gasteiger partial charge on any atom is 0.269 e. The van der Waals surface area contributed by atoms with Crippen molar-refractivity contribution in [2.45, 2.75) is 6.92 Å². The van der Waals surface area contributed by atoms with Gasteiger partial charge in [-0.25, -0.2) is 4.98 Å². The van der Waals surface area contributed by atoms with Crippen molar-refractivity contribution in [3.05, 3.63) is 100 Å². The molecule has 1 aromatic heterocycles. The molecule has 0 unspecified atom stereocenters. The van der Waals surface area contributed by atoms with Gasteiger partial charge in [0.1, 0.15) is 0 Å². The fraction of sp³-hybridized carbons (Fsp3) is 0.0435. The van der Waals surface area contributed by atoms with Gasteiger partial charge in [-0.3, -0.25) is 20.2 Å². The highest BCUT2D eigenvalue weighted by atomic mass is 32.1. The first-order valence-corrected chi connectivity index (χ1v) is 10.0. The lowest BCUT2D eigenvalue weighted by Gasteiger charge is -2.02. The van der Waals surface area contributed by atoms with Crippen LogP contribution >= 0.6 is 11.3 Å². The van der Waals surface area contributed by atoms with Crippen molar-refractivity contribution in [1.29, 1.82) is 0 Å². The summed E-state index contributed by atoms with van der Waals surface area (Å²) in [6.45, 7) is 1.96. The first-order chi connectivity index (χ1) is 14.5. The molecule has 7 heteroatoms. The Morgan fingerprint density at radius 2 is 1.60 bits per heavy atom. The second kappa shape index (κ2) is 8.26. The number of carbonyl (C=O) groups is 1. The number of aryl methyl sites for hydroxylation is 1. The molecule has 1 N–H and O–H groups in total. The zero-order chi connectivity index (χ0) is 21.1. The zero-order valence-corrected chi connectivity index (χ0v) is 16.8. The van der Waals surface area contributed by atoms with Gasteiger partial charge < -0.3 is 0 Å². The number of nitro groups is 1.